The lowest BCUT2D eigenvalue weighted by Crippen LogP contribution is -2.19. The van der Waals surface area contributed by atoms with Crippen LogP contribution in [0.2, 0.25) is 0 Å². The number of amides is 1. The van der Waals surface area contributed by atoms with Crippen molar-refractivity contribution >= 4 is 40.3 Å². The summed E-state index contributed by atoms with van der Waals surface area (Å²) in [6.07, 6.45) is 1.62. The van der Waals surface area contributed by atoms with Gasteiger partial charge in [-0.05, 0) is 60.6 Å². The molecule has 1 N–H and O–H groups in total. The minimum absolute atomic E-state index is 0.0120. The van der Waals surface area contributed by atoms with Gasteiger partial charge in [0.2, 0.25) is 0 Å². The Morgan fingerprint density at radius 1 is 1.16 bits per heavy atom. The van der Waals surface area contributed by atoms with Gasteiger partial charge in [0.15, 0.2) is 5.17 Å². The van der Waals surface area contributed by atoms with Crippen molar-refractivity contribution in [2.45, 2.75) is 6.92 Å². The van der Waals surface area contributed by atoms with E-state index >= 15 is 0 Å². The fraction of sp³-hybridized carbons (Fsp3) is 0.0909. The van der Waals surface area contributed by atoms with Crippen LogP contribution in [0.15, 0.2) is 68.9 Å². The second-order valence-electron chi connectivity index (χ2n) is 6.64. The quantitative estimate of drug-likeness (QED) is 0.341. The van der Waals surface area contributed by atoms with E-state index in [2.05, 4.69) is 10.3 Å². The van der Waals surface area contributed by atoms with Gasteiger partial charge in [0.05, 0.1) is 22.6 Å². The van der Waals surface area contributed by atoms with Gasteiger partial charge in [0.1, 0.15) is 17.3 Å². The molecule has 0 unspecified atom stereocenters. The number of benzene rings is 2. The highest BCUT2D eigenvalue weighted by molar-refractivity contribution is 8.18. The standard InChI is InChI=1S/C22H17N3O5S/c1-13-3-6-15(25(27)28)11-18(13)19-10-9-17(30-19)12-20-21(26)24-22(31-20)23-14-4-7-16(29-2)8-5-14/h3-12H,1-2H3,(H,23,24,26)/b20-12+. The molecule has 0 saturated carbocycles. The molecule has 1 fully saturated rings. The lowest BCUT2D eigenvalue weighted by Gasteiger charge is -2.02. The minimum Gasteiger partial charge on any atom is -0.497 e. The average Bonchev–Trinajstić information content (AvgIpc) is 3.35. The smallest absolute Gasteiger partial charge is 0.270 e. The third-order valence-corrected chi connectivity index (χ3v) is 5.46. The maximum absolute atomic E-state index is 12.3. The Hall–Kier alpha value is -3.85. The monoisotopic (exact) mass is 435 g/mol. The molecular weight excluding hydrogens is 418 g/mol. The second-order valence-corrected chi connectivity index (χ2v) is 7.67. The number of nitro groups is 1. The van der Waals surface area contributed by atoms with Crippen molar-refractivity contribution in [1.29, 1.82) is 0 Å². The van der Waals surface area contributed by atoms with Crippen molar-refractivity contribution in [3.63, 3.8) is 0 Å². The fourth-order valence-electron chi connectivity index (χ4n) is 2.95. The van der Waals surface area contributed by atoms with Gasteiger partial charge >= 0.3 is 0 Å². The zero-order valence-electron chi connectivity index (χ0n) is 16.6. The molecule has 1 saturated heterocycles. The van der Waals surface area contributed by atoms with Gasteiger partial charge in [-0.1, -0.05) is 6.07 Å². The highest BCUT2D eigenvalue weighted by atomic mass is 32.2. The topological polar surface area (TPSA) is 107 Å². The molecule has 1 aliphatic rings. The summed E-state index contributed by atoms with van der Waals surface area (Å²) in [4.78, 5) is 27.8. The number of aliphatic imine (C=N–C) groups is 1. The first-order valence-corrected chi connectivity index (χ1v) is 10.0. The molecule has 1 aliphatic heterocycles. The van der Waals surface area contributed by atoms with Crippen LogP contribution in [0.4, 0.5) is 11.4 Å². The molecule has 4 rings (SSSR count). The molecule has 3 aromatic rings. The molecule has 156 valence electrons. The molecule has 0 radical (unpaired) electrons. The Kier molecular flexibility index (Phi) is 5.59. The Labute approximate surface area is 181 Å². The highest BCUT2D eigenvalue weighted by Gasteiger charge is 2.24. The van der Waals surface area contributed by atoms with Crippen LogP contribution in [-0.4, -0.2) is 23.1 Å². The molecule has 8 nitrogen and oxygen atoms in total. The van der Waals surface area contributed by atoms with Crippen LogP contribution in [0.3, 0.4) is 0 Å². The number of furan rings is 1. The first kappa shape index (κ1) is 20.4. The number of aryl methyl sites for hydroxylation is 1. The first-order valence-electron chi connectivity index (χ1n) is 9.22. The molecule has 31 heavy (non-hydrogen) atoms. The molecule has 2 aromatic carbocycles. The minimum atomic E-state index is -0.446. The Balaban J connectivity index is 1.55. The van der Waals surface area contributed by atoms with Gasteiger partial charge in [0, 0.05) is 23.8 Å². The van der Waals surface area contributed by atoms with Crippen molar-refractivity contribution in [2.24, 2.45) is 4.99 Å². The van der Waals surface area contributed by atoms with Crippen molar-refractivity contribution in [3.05, 3.63) is 80.9 Å². The molecule has 1 aromatic heterocycles. The van der Waals surface area contributed by atoms with Gasteiger partial charge in [0.25, 0.3) is 11.6 Å². The van der Waals surface area contributed by atoms with Crippen LogP contribution >= 0.6 is 11.8 Å². The van der Waals surface area contributed by atoms with Crippen LogP contribution in [0, 0.1) is 17.0 Å². The third kappa shape index (κ3) is 4.51. The number of ether oxygens (including phenoxy) is 1. The summed E-state index contributed by atoms with van der Waals surface area (Å²) >= 11 is 1.20. The number of nitrogens with zero attached hydrogens (tertiary/aromatic N) is 2. The van der Waals surface area contributed by atoms with E-state index in [0.29, 0.717) is 32.8 Å². The lowest BCUT2D eigenvalue weighted by molar-refractivity contribution is -0.384. The number of rotatable bonds is 5. The molecule has 2 heterocycles. The summed E-state index contributed by atoms with van der Waals surface area (Å²) < 4.78 is 11.0. The van der Waals surface area contributed by atoms with Gasteiger partial charge in [-0.25, -0.2) is 4.99 Å². The average molecular weight is 435 g/mol. The molecular formula is C22H17N3O5S. The van der Waals surface area contributed by atoms with E-state index in [9.17, 15) is 14.9 Å². The van der Waals surface area contributed by atoms with Crippen molar-refractivity contribution in [2.75, 3.05) is 7.11 Å². The second kappa shape index (κ2) is 8.49. The Bertz CT molecular complexity index is 1230. The van der Waals surface area contributed by atoms with E-state index in [1.165, 1.54) is 23.9 Å². The zero-order valence-corrected chi connectivity index (χ0v) is 17.4. The summed E-state index contributed by atoms with van der Waals surface area (Å²) in [7, 11) is 1.59. The fourth-order valence-corrected chi connectivity index (χ4v) is 3.77. The van der Waals surface area contributed by atoms with E-state index in [1.54, 1.807) is 55.7 Å². The first-order chi connectivity index (χ1) is 14.9. The van der Waals surface area contributed by atoms with E-state index in [1.807, 2.05) is 6.92 Å². The number of hydrogen-bond acceptors (Lipinski definition) is 7. The number of hydrogen-bond donors (Lipinski definition) is 1. The van der Waals surface area contributed by atoms with E-state index in [-0.39, 0.29) is 11.6 Å². The highest BCUT2D eigenvalue weighted by Crippen LogP contribution is 2.32. The number of amidine groups is 1. The zero-order chi connectivity index (χ0) is 22.0. The lowest BCUT2D eigenvalue weighted by atomic mass is 10.1. The van der Waals surface area contributed by atoms with E-state index in [0.717, 1.165) is 11.3 Å². The van der Waals surface area contributed by atoms with Crippen LogP contribution in [0.1, 0.15) is 11.3 Å². The molecule has 0 atom stereocenters. The van der Waals surface area contributed by atoms with Gasteiger partial charge in [-0.15, -0.1) is 0 Å². The summed E-state index contributed by atoms with van der Waals surface area (Å²) in [5.41, 5.74) is 2.15. The Morgan fingerprint density at radius 3 is 2.65 bits per heavy atom. The van der Waals surface area contributed by atoms with E-state index < -0.39 is 4.92 Å². The van der Waals surface area contributed by atoms with Crippen LogP contribution < -0.4 is 10.1 Å². The number of non-ortho nitro benzene ring substituents is 1. The number of nitrogens with one attached hydrogen (secondary N) is 1. The van der Waals surface area contributed by atoms with Crippen molar-refractivity contribution < 1.29 is 18.9 Å². The number of carbonyl (C=O) groups is 1. The van der Waals surface area contributed by atoms with Crippen LogP contribution in [0.5, 0.6) is 5.75 Å². The molecule has 0 aliphatic carbocycles. The largest absolute Gasteiger partial charge is 0.497 e. The van der Waals surface area contributed by atoms with Gasteiger partial charge in [-0.3, -0.25) is 14.9 Å². The third-order valence-electron chi connectivity index (χ3n) is 4.55. The SMILES string of the molecule is COc1ccc(N=C2NC(=O)/C(=C\c3ccc(-c4cc([N+](=O)[O-])ccc4C)o3)S2)cc1. The maximum atomic E-state index is 12.3. The van der Waals surface area contributed by atoms with Gasteiger partial charge in [-0.2, -0.15) is 0 Å². The molecule has 0 bridgehead atoms. The molecule has 1 amide bonds. The summed E-state index contributed by atoms with van der Waals surface area (Å²) in [6, 6.07) is 15.2. The summed E-state index contributed by atoms with van der Waals surface area (Å²) in [5, 5.41) is 14.2. The van der Waals surface area contributed by atoms with Crippen molar-refractivity contribution in [1.82, 2.24) is 5.32 Å². The number of thioether (sulfide) groups is 1. The Morgan fingerprint density at radius 2 is 1.94 bits per heavy atom. The number of nitro benzene ring substituents is 1. The van der Waals surface area contributed by atoms with E-state index in [4.69, 9.17) is 9.15 Å². The van der Waals surface area contributed by atoms with Gasteiger partial charge < -0.3 is 14.5 Å². The molecule has 9 heteroatoms. The summed E-state index contributed by atoms with van der Waals surface area (Å²) in [5.74, 6) is 1.40. The number of carbonyl (C=O) groups excluding carboxylic acids is 1. The maximum Gasteiger partial charge on any atom is 0.270 e. The van der Waals surface area contributed by atoms with Crippen molar-refractivity contribution in [3.8, 4) is 17.1 Å². The molecule has 0 spiro atoms. The predicted octanol–water partition coefficient (Wildman–Crippen LogP) is 5.06. The van der Waals surface area contributed by atoms with Crippen LogP contribution in [-0.2, 0) is 4.79 Å². The predicted molar refractivity (Wildman–Crippen MR) is 119 cm³/mol. The summed E-state index contributed by atoms with van der Waals surface area (Å²) in [6.45, 7) is 1.85. The number of methoxy groups -OCH3 is 1. The van der Waals surface area contributed by atoms with Crippen LogP contribution in [0.25, 0.3) is 17.4 Å². The normalized spacial score (nSPS) is 16.0.